The molecule has 1 atom stereocenters. The van der Waals surface area contributed by atoms with Crippen LogP contribution < -0.4 is 20.4 Å². The van der Waals surface area contributed by atoms with E-state index in [9.17, 15) is 9.90 Å². The van der Waals surface area contributed by atoms with E-state index < -0.39 is 0 Å². The number of nitrogens with one attached hydrogen (secondary N) is 2. The first-order valence-corrected chi connectivity index (χ1v) is 12.9. The molecule has 8 nitrogen and oxygen atoms in total. The molecular weight excluding hydrogens is 507 g/mol. The second-order valence-electron chi connectivity index (χ2n) is 8.36. The summed E-state index contributed by atoms with van der Waals surface area (Å²) in [5.41, 5.74) is 3.49. The van der Waals surface area contributed by atoms with E-state index in [-0.39, 0.29) is 12.5 Å². The lowest BCUT2D eigenvalue weighted by Gasteiger charge is -2.37. The van der Waals surface area contributed by atoms with Gasteiger partial charge in [-0.1, -0.05) is 41.0 Å². The fourth-order valence-electron chi connectivity index (χ4n) is 4.32. The van der Waals surface area contributed by atoms with Crippen molar-refractivity contribution in [3.63, 3.8) is 0 Å². The summed E-state index contributed by atoms with van der Waals surface area (Å²) >= 11 is 14.0. The maximum absolute atomic E-state index is 13.1. The molecule has 0 radical (unpaired) electrons. The van der Waals surface area contributed by atoms with Crippen LogP contribution in [0.3, 0.4) is 0 Å². The van der Waals surface area contributed by atoms with Gasteiger partial charge in [-0.15, -0.1) is 0 Å². The Labute approximate surface area is 217 Å². The normalized spacial score (nSPS) is 17.9. The number of carbonyl (C=O) groups excluding carboxylic acids is 1. The van der Waals surface area contributed by atoms with Gasteiger partial charge < -0.3 is 20.6 Å². The van der Waals surface area contributed by atoms with Gasteiger partial charge in [0, 0.05) is 48.8 Å². The van der Waals surface area contributed by atoms with Gasteiger partial charge in [0.1, 0.15) is 5.03 Å². The van der Waals surface area contributed by atoms with Crippen molar-refractivity contribution in [3.05, 3.63) is 63.8 Å². The van der Waals surface area contributed by atoms with Crippen LogP contribution in [0.5, 0.6) is 0 Å². The Morgan fingerprint density at radius 1 is 1.26 bits per heavy atom. The van der Waals surface area contributed by atoms with E-state index in [4.69, 9.17) is 23.2 Å². The average Bonchev–Trinajstić information content (AvgIpc) is 2.85. The number of thioether (sulfide) groups is 1. The van der Waals surface area contributed by atoms with Crippen LogP contribution in [0.4, 0.5) is 23.0 Å². The molecule has 0 spiro atoms. The molecule has 0 aliphatic carbocycles. The van der Waals surface area contributed by atoms with Gasteiger partial charge in [-0.2, -0.15) is 0 Å². The van der Waals surface area contributed by atoms with E-state index >= 15 is 0 Å². The standard InChI is InChI=1S/C24H24Cl2N6O2S/c1-14-10-27-7-8-31(14)20-6-5-16(9-15(20)12-33)29-24-28-11-17-22(30-24)35-13-32(23(17)34)21-18(25)3-2-4-19(21)26/h2-6,9,11,14,27,33H,7-8,10,12-13H2,1H3,(H,28,29,30)/t14-/m1/s1. The van der Waals surface area contributed by atoms with Gasteiger partial charge in [0.15, 0.2) is 0 Å². The molecule has 2 aliphatic rings. The topological polar surface area (TPSA) is 93.6 Å². The molecular formula is C24H24Cl2N6O2S. The number of fused-ring (bicyclic) bond motifs is 1. The second-order valence-corrected chi connectivity index (χ2v) is 10.1. The molecule has 0 saturated carbocycles. The van der Waals surface area contributed by atoms with E-state index in [0.29, 0.717) is 44.2 Å². The molecule has 1 fully saturated rings. The number of hydrogen-bond donors (Lipinski definition) is 3. The van der Waals surface area contributed by atoms with E-state index in [1.165, 1.54) is 22.9 Å². The summed E-state index contributed by atoms with van der Waals surface area (Å²) < 4.78 is 0. The first kappa shape index (κ1) is 24.1. The minimum atomic E-state index is -0.252. The van der Waals surface area contributed by atoms with Crippen LogP contribution in [0.15, 0.2) is 47.6 Å². The van der Waals surface area contributed by atoms with Crippen LogP contribution in [0.25, 0.3) is 0 Å². The van der Waals surface area contributed by atoms with Crippen molar-refractivity contribution in [1.82, 2.24) is 15.3 Å². The van der Waals surface area contributed by atoms with Gasteiger partial charge >= 0.3 is 0 Å². The maximum Gasteiger partial charge on any atom is 0.263 e. The minimum absolute atomic E-state index is 0.0721. The summed E-state index contributed by atoms with van der Waals surface area (Å²) in [4.78, 5) is 25.9. The third-order valence-corrected chi connectivity index (χ3v) is 7.67. The molecule has 1 saturated heterocycles. The molecule has 11 heteroatoms. The summed E-state index contributed by atoms with van der Waals surface area (Å²) in [6.45, 7) is 4.80. The predicted octanol–water partition coefficient (Wildman–Crippen LogP) is 4.53. The minimum Gasteiger partial charge on any atom is -0.392 e. The fourth-order valence-corrected chi connectivity index (χ4v) is 5.87. The molecule has 0 unspecified atom stereocenters. The SMILES string of the molecule is C[C@@H]1CNCCN1c1ccc(Nc2ncc3c(n2)SCN(c2c(Cl)cccc2Cl)C3=O)cc1CO. The quantitative estimate of drug-likeness (QED) is 0.414. The fraction of sp³-hybridized carbons (Fsp3) is 0.292. The monoisotopic (exact) mass is 530 g/mol. The van der Waals surface area contributed by atoms with Gasteiger partial charge in [-0.25, -0.2) is 9.97 Å². The zero-order chi connectivity index (χ0) is 24.5. The summed E-state index contributed by atoms with van der Waals surface area (Å²) in [5, 5.41) is 18.0. The maximum atomic E-state index is 13.1. The van der Waals surface area contributed by atoms with Crippen molar-refractivity contribution in [2.75, 3.05) is 40.6 Å². The first-order valence-electron chi connectivity index (χ1n) is 11.2. The third kappa shape index (κ3) is 4.79. The molecule has 2 aromatic carbocycles. The number of aromatic nitrogens is 2. The number of nitrogens with zero attached hydrogens (tertiary/aromatic N) is 4. The third-order valence-electron chi connectivity index (χ3n) is 6.08. The number of aliphatic hydroxyl groups is 1. The van der Waals surface area contributed by atoms with Crippen LogP contribution in [0, 0.1) is 0 Å². The lowest BCUT2D eigenvalue weighted by molar-refractivity contribution is 0.0985. The smallest absolute Gasteiger partial charge is 0.263 e. The number of benzene rings is 2. The van der Waals surface area contributed by atoms with Crippen molar-refractivity contribution >= 4 is 63.9 Å². The zero-order valence-electron chi connectivity index (χ0n) is 19.0. The lowest BCUT2D eigenvalue weighted by atomic mass is 10.1. The van der Waals surface area contributed by atoms with Crippen molar-refractivity contribution < 1.29 is 9.90 Å². The number of halogens is 2. The first-order chi connectivity index (χ1) is 17.0. The summed E-state index contributed by atoms with van der Waals surface area (Å²) in [7, 11) is 0. The Kier molecular flexibility index (Phi) is 7.04. The molecule has 0 bridgehead atoms. The molecule has 1 aromatic heterocycles. The van der Waals surface area contributed by atoms with Gasteiger partial charge in [0.05, 0.1) is 33.8 Å². The van der Waals surface area contributed by atoms with Gasteiger partial charge in [-0.05, 0) is 37.3 Å². The van der Waals surface area contributed by atoms with Crippen molar-refractivity contribution in [2.24, 2.45) is 0 Å². The highest BCUT2D eigenvalue weighted by Gasteiger charge is 2.30. The summed E-state index contributed by atoms with van der Waals surface area (Å²) in [5.74, 6) is 0.454. The molecule has 2 aliphatic heterocycles. The van der Waals surface area contributed by atoms with Crippen LogP contribution in [-0.2, 0) is 6.61 Å². The number of piperazine rings is 1. The lowest BCUT2D eigenvalue weighted by Crippen LogP contribution is -2.50. The van der Waals surface area contributed by atoms with Gasteiger partial charge in [0.2, 0.25) is 5.95 Å². The van der Waals surface area contributed by atoms with Crippen LogP contribution in [-0.4, -0.2) is 52.5 Å². The second kappa shape index (κ2) is 10.2. The summed E-state index contributed by atoms with van der Waals surface area (Å²) in [6, 6.07) is 11.4. The molecule has 182 valence electrons. The Hall–Kier alpha value is -2.56. The number of para-hydroxylation sites is 1. The number of amides is 1. The highest BCUT2D eigenvalue weighted by Crippen LogP contribution is 2.39. The average molecular weight is 531 g/mol. The predicted molar refractivity (Wildman–Crippen MR) is 141 cm³/mol. The van der Waals surface area contributed by atoms with Gasteiger partial charge in [-0.3, -0.25) is 9.69 Å². The number of anilines is 4. The Morgan fingerprint density at radius 3 is 2.80 bits per heavy atom. The molecule has 3 N–H and O–H groups in total. The van der Waals surface area contributed by atoms with Gasteiger partial charge in [0.25, 0.3) is 5.91 Å². The van der Waals surface area contributed by atoms with Crippen molar-refractivity contribution in [3.8, 4) is 0 Å². The van der Waals surface area contributed by atoms with E-state index in [2.05, 4.69) is 32.4 Å². The molecule has 3 heterocycles. The highest BCUT2D eigenvalue weighted by molar-refractivity contribution is 7.99. The highest BCUT2D eigenvalue weighted by atomic mass is 35.5. The van der Waals surface area contributed by atoms with Crippen LogP contribution >= 0.6 is 35.0 Å². The molecule has 35 heavy (non-hydrogen) atoms. The number of rotatable bonds is 5. The molecule has 5 rings (SSSR count). The van der Waals surface area contributed by atoms with Crippen LogP contribution in [0.2, 0.25) is 10.0 Å². The number of hydrogen-bond acceptors (Lipinski definition) is 8. The number of carbonyl (C=O) groups is 1. The zero-order valence-corrected chi connectivity index (χ0v) is 21.3. The van der Waals surface area contributed by atoms with E-state index in [0.717, 1.165) is 36.6 Å². The summed E-state index contributed by atoms with van der Waals surface area (Å²) in [6.07, 6.45) is 1.51. The Morgan fingerprint density at radius 2 is 2.06 bits per heavy atom. The number of aliphatic hydroxyl groups excluding tert-OH is 1. The van der Waals surface area contributed by atoms with Crippen LogP contribution in [0.1, 0.15) is 22.8 Å². The van der Waals surface area contributed by atoms with Crippen molar-refractivity contribution in [2.45, 2.75) is 24.6 Å². The molecule has 3 aromatic rings. The Bertz CT molecular complexity index is 1260. The van der Waals surface area contributed by atoms with E-state index in [1.807, 2.05) is 18.2 Å². The Balaban J connectivity index is 1.36. The van der Waals surface area contributed by atoms with E-state index in [1.54, 1.807) is 18.2 Å². The van der Waals surface area contributed by atoms with Crippen molar-refractivity contribution in [1.29, 1.82) is 0 Å². The largest absolute Gasteiger partial charge is 0.392 e. The molecule has 1 amide bonds.